The summed E-state index contributed by atoms with van der Waals surface area (Å²) in [5.41, 5.74) is 2.03. The van der Waals surface area contributed by atoms with Crippen molar-refractivity contribution in [1.82, 2.24) is 0 Å². The van der Waals surface area contributed by atoms with Crippen molar-refractivity contribution in [2.24, 2.45) is 10.9 Å². The first-order chi connectivity index (χ1) is 10.8. The fourth-order valence-corrected chi connectivity index (χ4v) is 2.56. The summed E-state index contributed by atoms with van der Waals surface area (Å²) in [7, 11) is 0. The number of hydrogen-bond acceptors (Lipinski definition) is 2. The number of aliphatic imine (C=N–C) groups is 1. The van der Waals surface area contributed by atoms with Gasteiger partial charge in [0, 0.05) is 0 Å². The lowest BCUT2D eigenvalue weighted by Gasteiger charge is -2.17. The fourth-order valence-electron chi connectivity index (χ4n) is 2.56. The number of alkyl halides is 3. The van der Waals surface area contributed by atoms with Gasteiger partial charge in [-0.1, -0.05) is 18.2 Å². The normalized spacial score (nSPS) is 17.0. The maximum absolute atomic E-state index is 12.8. The predicted molar refractivity (Wildman–Crippen MR) is 81.9 cm³/mol. The lowest BCUT2D eigenvalue weighted by molar-refractivity contribution is -0.137. The predicted octanol–water partition coefficient (Wildman–Crippen LogP) is 4.71. The quantitative estimate of drug-likeness (QED) is 0.789. The van der Waals surface area contributed by atoms with Crippen molar-refractivity contribution in [2.45, 2.75) is 19.5 Å². The van der Waals surface area contributed by atoms with Crippen LogP contribution >= 0.6 is 0 Å². The minimum Gasteiger partial charge on any atom is -0.299 e. The summed E-state index contributed by atoms with van der Waals surface area (Å²) < 4.78 is 38.5. The van der Waals surface area contributed by atoms with Crippen molar-refractivity contribution in [3.05, 3.63) is 53.6 Å². The van der Waals surface area contributed by atoms with Crippen LogP contribution in [0, 0.1) is 5.92 Å². The summed E-state index contributed by atoms with van der Waals surface area (Å²) in [4.78, 5) is 15.6. The second-order valence-corrected chi connectivity index (χ2v) is 5.53. The highest BCUT2D eigenvalue weighted by Crippen LogP contribution is 2.34. The topological polar surface area (TPSA) is 29.4 Å². The van der Waals surface area contributed by atoms with Gasteiger partial charge >= 0.3 is 6.18 Å². The maximum atomic E-state index is 12.8. The van der Waals surface area contributed by atoms with E-state index in [1.807, 2.05) is 0 Å². The van der Waals surface area contributed by atoms with Crippen LogP contribution in [0.5, 0.6) is 0 Å². The minimum absolute atomic E-state index is 0.0242. The van der Waals surface area contributed by atoms with Crippen LogP contribution in [0.15, 0.2) is 47.5 Å². The zero-order valence-electron chi connectivity index (χ0n) is 12.3. The van der Waals surface area contributed by atoms with Crippen molar-refractivity contribution in [3.8, 4) is 11.1 Å². The van der Waals surface area contributed by atoms with E-state index in [9.17, 15) is 18.0 Å². The molecule has 0 spiro atoms. The van der Waals surface area contributed by atoms with Crippen LogP contribution in [0.2, 0.25) is 0 Å². The SMILES string of the molecule is CC(=O)C1[C]=Nc2ccc(-c3cccc(C(F)(F)F)c3)cc2C1. The standard InChI is InChI=1S/C18H13F3NO/c1-11(23)15-8-14-7-13(5-6-17(14)22-10-15)12-3-2-4-16(9-12)18(19,20)21/h2-7,9,15H,8H2,1H3. The fraction of sp³-hybridized carbons (Fsp3) is 0.222. The smallest absolute Gasteiger partial charge is 0.299 e. The highest BCUT2D eigenvalue weighted by Gasteiger charge is 2.30. The van der Waals surface area contributed by atoms with E-state index in [1.54, 1.807) is 24.3 Å². The Kier molecular flexibility index (Phi) is 3.80. The van der Waals surface area contributed by atoms with E-state index < -0.39 is 11.7 Å². The van der Waals surface area contributed by atoms with Gasteiger partial charge in [0.25, 0.3) is 0 Å². The largest absolute Gasteiger partial charge is 0.416 e. The number of ketones is 1. The van der Waals surface area contributed by atoms with Crippen molar-refractivity contribution >= 4 is 17.7 Å². The zero-order chi connectivity index (χ0) is 16.6. The number of halogens is 3. The Morgan fingerprint density at radius 1 is 1.17 bits per heavy atom. The molecular weight excluding hydrogens is 303 g/mol. The van der Waals surface area contributed by atoms with Gasteiger partial charge in [-0.15, -0.1) is 0 Å². The average molecular weight is 316 g/mol. The molecule has 0 N–H and O–H groups in total. The third kappa shape index (κ3) is 3.18. The number of Topliss-reactive ketones (excluding diaryl/α,β-unsaturated/α-hetero) is 1. The van der Waals surface area contributed by atoms with Crippen molar-refractivity contribution in [1.29, 1.82) is 0 Å². The Morgan fingerprint density at radius 2 is 1.91 bits per heavy atom. The Bertz CT molecular complexity index is 793. The van der Waals surface area contributed by atoms with Gasteiger partial charge in [-0.2, -0.15) is 13.2 Å². The van der Waals surface area contributed by atoms with Gasteiger partial charge in [-0.05, 0) is 54.3 Å². The molecule has 117 valence electrons. The van der Waals surface area contributed by atoms with Gasteiger partial charge in [0.15, 0.2) is 0 Å². The van der Waals surface area contributed by atoms with E-state index >= 15 is 0 Å². The van der Waals surface area contributed by atoms with Gasteiger partial charge in [-0.25, -0.2) is 0 Å². The third-order valence-electron chi connectivity index (χ3n) is 3.86. The number of benzene rings is 2. The van der Waals surface area contributed by atoms with Crippen molar-refractivity contribution < 1.29 is 18.0 Å². The van der Waals surface area contributed by atoms with Crippen molar-refractivity contribution in [3.63, 3.8) is 0 Å². The van der Waals surface area contributed by atoms with E-state index in [2.05, 4.69) is 11.2 Å². The molecule has 0 aliphatic carbocycles. The number of nitrogens with zero attached hydrogens (tertiary/aromatic N) is 1. The molecule has 0 saturated carbocycles. The number of carbonyl (C=O) groups is 1. The third-order valence-corrected chi connectivity index (χ3v) is 3.86. The Hall–Kier alpha value is -2.43. The molecule has 2 aromatic carbocycles. The molecule has 0 amide bonds. The van der Waals surface area contributed by atoms with Crippen LogP contribution in [0.4, 0.5) is 18.9 Å². The van der Waals surface area contributed by atoms with E-state index in [0.717, 1.165) is 17.7 Å². The molecule has 3 rings (SSSR count). The number of fused-ring (bicyclic) bond motifs is 1. The molecule has 1 aliphatic rings. The van der Waals surface area contributed by atoms with Crippen LogP contribution in [-0.2, 0) is 17.4 Å². The summed E-state index contributed by atoms with van der Waals surface area (Å²) in [5.74, 6) is -0.414. The summed E-state index contributed by atoms with van der Waals surface area (Å²) in [6, 6.07) is 10.5. The highest BCUT2D eigenvalue weighted by molar-refractivity contribution is 5.95. The Labute approximate surface area is 131 Å². The molecule has 0 bridgehead atoms. The van der Waals surface area contributed by atoms with Gasteiger partial charge in [0.2, 0.25) is 0 Å². The Morgan fingerprint density at radius 3 is 2.61 bits per heavy atom. The molecular formula is C18H13F3NO. The van der Waals surface area contributed by atoms with Crippen LogP contribution in [0.3, 0.4) is 0 Å². The zero-order valence-corrected chi connectivity index (χ0v) is 12.3. The molecule has 1 aliphatic heterocycles. The highest BCUT2D eigenvalue weighted by atomic mass is 19.4. The second kappa shape index (κ2) is 5.65. The Balaban J connectivity index is 1.99. The van der Waals surface area contributed by atoms with Crippen LogP contribution in [-0.4, -0.2) is 12.0 Å². The molecule has 2 nitrogen and oxygen atoms in total. The molecule has 1 heterocycles. The average Bonchev–Trinajstić information content (AvgIpc) is 2.53. The molecule has 1 unspecified atom stereocenters. The van der Waals surface area contributed by atoms with E-state index in [-0.39, 0.29) is 11.7 Å². The van der Waals surface area contributed by atoms with E-state index in [0.29, 0.717) is 23.2 Å². The van der Waals surface area contributed by atoms with Crippen LogP contribution < -0.4 is 0 Å². The summed E-state index contributed by atoms with van der Waals surface area (Å²) in [6.45, 7) is 1.48. The molecule has 1 radical (unpaired) electrons. The first-order valence-electron chi connectivity index (χ1n) is 7.12. The van der Waals surface area contributed by atoms with E-state index in [4.69, 9.17) is 0 Å². The lowest BCUT2D eigenvalue weighted by Crippen LogP contribution is -2.18. The second-order valence-electron chi connectivity index (χ2n) is 5.53. The minimum atomic E-state index is -4.37. The molecule has 0 aromatic heterocycles. The van der Waals surface area contributed by atoms with Gasteiger partial charge in [-0.3, -0.25) is 9.79 Å². The van der Waals surface area contributed by atoms with Crippen LogP contribution in [0.1, 0.15) is 18.1 Å². The number of hydrogen-bond donors (Lipinski definition) is 0. The van der Waals surface area contributed by atoms with Crippen molar-refractivity contribution in [2.75, 3.05) is 0 Å². The monoisotopic (exact) mass is 316 g/mol. The molecule has 23 heavy (non-hydrogen) atoms. The molecule has 5 heteroatoms. The lowest BCUT2D eigenvalue weighted by atomic mass is 9.91. The van der Waals surface area contributed by atoms with E-state index in [1.165, 1.54) is 13.0 Å². The summed E-state index contributed by atoms with van der Waals surface area (Å²) in [5, 5.41) is 0. The first-order valence-corrected chi connectivity index (χ1v) is 7.12. The number of carbonyl (C=O) groups excluding carboxylic acids is 1. The molecule has 0 saturated heterocycles. The van der Waals surface area contributed by atoms with Gasteiger partial charge in [0.05, 0.1) is 23.4 Å². The summed E-state index contributed by atoms with van der Waals surface area (Å²) >= 11 is 0. The van der Waals surface area contributed by atoms with Crippen LogP contribution in [0.25, 0.3) is 11.1 Å². The molecule has 1 atom stereocenters. The maximum Gasteiger partial charge on any atom is 0.416 e. The number of rotatable bonds is 2. The molecule has 2 aromatic rings. The molecule has 0 fully saturated rings. The summed E-state index contributed by atoms with van der Waals surface area (Å²) in [6.07, 6.45) is -1.11. The van der Waals surface area contributed by atoms with Gasteiger partial charge in [0.1, 0.15) is 5.78 Å². The van der Waals surface area contributed by atoms with Gasteiger partial charge < -0.3 is 0 Å². The first kappa shape index (κ1) is 15.5.